The number of hydrogen-bond acceptors (Lipinski definition) is 14. The van der Waals surface area contributed by atoms with Crippen molar-refractivity contribution in [2.24, 2.45) is 0 Å². The van der Waals surface area contributed by atoms with Crippen LogP contribution in [0.4, 0.5) is 0 Å². The van der Waals surface area contributed by atoms with Crippen molar-refractivity contribution in [3.63, 3.8) is 0 Å². The van der Waals surface area contributed by atoms with Crippen LogP contribution in [0.15, 0.2) is 0 Å². The molecule has 0 bridgehead atoms. The third-order valence-corrected chi connectivity index (χ3v) is 1.85. The molecule has 0 aliphatic rings. The summed E-state index contributed by atoms with van der Waals surface area (Å²) in [5.41, 5.74) is 0. The molecule has 150 valence electrons. The van der Waals surface area contributed by atoms with Gasteiger partial charge in [0.1, 0.15) is 12.2 Å². The molecule has 2 atom stereocenters. The maximum absolute atomic E-state index is 9.63. The van der Waals surface area contributed by atoms with Crippen molar-refractivity contribution in [3.05, 3.63) is 0 Å². The summed E-state index contributed by atoms with van der Waals surface area (Å²) in [6, 6.07) is 0. The van der Waals surface area contributed by atoms with E-state index in [9.17, 15) is 59.4 Å². The summed E-state index contributed by atoms with van der Waals surface area (Å²) in [5.74, 6) is -9.58. The Kier molecular flexibility index (Phi) is 71.4. The smallest absolute Gasteiger partial charge is 0.550 e. The van der Waals surface area contributed by atoms with Crippen LogP contribution in [-0.2, 0) is 28.8 Å². The molecule has 0 aliphatic heterocycles. The Hall–Kier alpha value is 2.74. The number of carboxylic acid groups (broad SMARTS) is 6. The fourth-order valence-electron chi connectivity index (χ4n) is 0.666. The largest absolute Gasteiger partial charge is 1.00 e. The van der Waals surface area contributed by atoms with Crippen LogP contribution >= 0.6 is 0 Å². The average Bonchev–Trinajstić information content (AvgIpc) is 2.50. The van der Waals surface area contributed by atoms with Crippen molar-refractivity contribution in [2.75, 3.05) is 0 Å². The number of carbonyl (C=O) groups excluding carboxylic acids is 6. The van der Waals surface area contributed by atoms with Gasteiger partial charge in [-0.1, -0.05) is 0 Å². The van der Waals surface area contributed by atoms with Crippen LogP contribution in [0.1, 0.15) is 25.7 Å². The first kappa shape index (κ1) is 59.7. The van der Waals surface area contributed by atoms with E-state index < -0.39 is 73.7 Å². The zero-order chi connectivity index (χ0) is 21.4. The zero-order valence-corrected chi connectivity index (χ0v) is 30.8. The summed E-state index contributed by atoms with van der Waals surface area (Å²) in [4.78, 5) is 57.3. The van der Waals surface area contributed by atoms with Gasteiger partial charge in [-0.3, -0.25) is 0 Å². The molecule has 0 radical (unpaired) electrons. The molecule has 0 amide bonds. The molecule has 2 unspecified atom stereocenters. The molecule has 0 fully saturated rings. The minimum Gasteiger partial charge on any atom is -0.550 e. The van der Waals surface area contributed by atoms with Crippen molar-refractivity contribution >= 4 is 35.8 Å². The molecule has 0 aromatic heterocycles. The number of hydrogen-bond donors (Lipinski definition) is 2. The number of aliphatic carboxylic acids is 6. The van der Waals surface area contributed by atoms with Crippen molar-refractivity contribution in [3.8, 4) is 0 Å². The second-order valence-corrected chi connectivity index (χ2v) is 4.02. The Morgan fingerprint density at radius 1 is 0.438 bits per heavy atom. The van der Waals surface area contributed by atoms with E-state index >= 15 is 0 Å². The summed E-state index contributed by atoms with van der Waals surface area (Å²) < 4.78 is 0. The third kappa shape index (κ3) is 53.9. The summed E-state index contributed by atoms with van der Waals surface area (Å²) >= 11 is 0. The molecule has 0 saturated heterocycles. The minimum atomic E-state index is -2.44. The Balaban J connectivity index is -0.0000000326. The van der Waals surface area contributed by atoms with E-state index in [2.05, 4.69) is 0 Å². The fourth-order valence-corrected chi connectivity index (χ4v) is 0.666. The van der Waals surface area contributed by atoms with E-state index in [0.29, 0.717) is 0 Å². The molecule has 0 spiro atoms. The molecule has 2 N–H and O–H groups in total. The van der Waals surface area contributed by atoms with Crippen LogP contribution in [0, 0.1) is 0 Å². The van der Waals surface area contributed by atoms with Gasteiger partial charge in [-0.05, 0) is 25.7 Å². The molecule has 32 heavy (non-hydrogen) atoms. The third-order valence-electron chi connectivity index (χ3n) is 1.85. The monoisotopic (exact) mass is 518 g/mol. The summed E-state index contributed by atoms with van der Waals surface area (Å²) in [5, 5.41) is 73.7. The molecule has 0 saturated carbocycles. The van der Waals surface area contributed by atoms with E-state index in [1.807, 2.05) is 0 Å². The van der Waals surface area contributed by atoms with Gasteiger partial charge in [-0.15, -0.1) is 0 Å². The minimum absolute atomic E-state index is 0. The molecule has 0 aliphatic carbocycles. The SMILES string of the molecule is O=C([O-])C(O)C(O)C(=O)[O-].O=C([O-])CCC(=O)[O-].O=C([O-])CCC(=O)[O-].[Na+].[Na+].[Na+].[Na+].[Na+].[Na+]. The van der Waals surface area contributed by atoms with E-state index in [-0.39, 0.29) is 177 Å². The first-order chi connectivity index (χ1) is 11.7. The van der Waals surface area contributed by atoms with Gasteiger partial charge in [0.05, 0.1) is 11.9 Å². The van der Waals surface area contributed by atoms with Gasteiger partial charge in [-0.25, -0.2) is 0 Å². The Morgan fingerprint density at radius 2 is 0.562 bits per heavy atom. The van der Waals surface area contributed by atoms with Crippen LogP contribution in [0.5, 0.6) is 0 Å². The maximum Gasteiger partial charge on any atom is 1.00 e. The van der Waals surface area contributed by atoms with Crippen LogP contribution in [-0.4, -0.2) is 58.2 Å². The second kappa shape index (κ2) is 38.3. The second-order valence-electron chi connectivity index (χ2n) is 4.02. The fraction of sp³-hybridized carbons (Fsp3) is 0.500. The Morgan fingerprint density at radius 3 is 0.625 bits per heavy atom. The summed E-state index contributed by atoms with van der Waals surface area (Å²) in [6.07, 6.45) is -6.76. The number of aliphatic hydroxyl groups is 2. The van der Waals surface area contributed by atoms with E-state index in [4.69, 9.17) is 10.2 Å². The number of carboxylic acids is 6. The van der Waals surface area contributed by atoms with Crippen LogP contribution in [0.2, 0.25) is 0 Å². The van der Waals surface area contributed by atoms with Gasteiger partial charge in [0, 0.05) is 23.9 Å². The average molecular weight is 518 g/mol. The molecular formula is C12H12Na6O14. The molecule has 0 aromatic carbocycles. The zero-order valence-electron chi connectivity index (χ0n) is 18.8. The van der Waals surface area contributed by atoms with Gasteiger partial charge in [0.15, 0.2) is 0 Å². The predicted molar refractivity (Wildman–Crippen MR) is 60.5 cm³/mol. The Bertz CT molecular complexity index is 458. The van der Waals surface area contributed by atoms with Crippen LogP contribution in [0.25, 0.3) is 0 Å². The molecule has 0 rings (SSSR count). The van der Waals surface area contributed by atoms with Crippen molar-refractivity contribution in [2.45, 2.75) is 37.9 Å². The topological polar surface area (TPSA) is 281 Å². The van der Waals surface area contributed by atoms with E-state index in [1.165, 1.54) is 0 Å². The summed E-state index contributed by atoms with van der Waals surface area (Å²) in [6.45, 7) is 0. The predicted octanol–water partition coefficient (Wildman–Crippen LogP) is -28.2. The standard InChI is InChI=1S/C4H6O6.2C4H6O4.6Na/c5-1(3(7)8)2(6)4(9)10;2*5-3(6)1-2-4(7)8;;;;;;/h1-2,5-6H,(H,7,8)(H,9,10);2*1-2H2,(H,5,6)(H,7,8);;;;;;/q;;;6*+1/p-6. The van der Waals surface area contributed by atoms with Crippen molar-refractivity contribution in [1.29, 1.82) is 0 Å². The number of rotatable bonds is 9. The Labute approximate surface area is 315 Å². The van der Waals surface area contributed by atoms with Gasteiger partial charge >= 0.3 is 177 Å². The summed E-state index contributed by atoms with van der Waals surface area (Å²) in [7, 11) is 0. The van der Waals surface area contributed by atoms with Crippen LogP contribution in [0.3, 0.4) is 0 Å². The molecule has 20 heteroatoms. The van der Waals surface area contributed by atoms with Gasteiger partial charge in [0.2, 0.25) is 0 Å². The van der Waals surface area contributed by atoms with E-state index in [0.717, 1.165) is 0 Å². The van der Waals surface area contributed by atoms with E-state index in [1.54, 1.807) is 0 Å². The molecule has 0 heterocycles. The molecule has 0 aromatic rings. The molecule has 14 nitrogen and oxygen atoms in total. The van der Waals surface area contributed by atoms with Gasteiger partial charge in [0.25, 0.3) is 0 Å². The van der Waals surface area contributed by atoms with Crippen molar-refractivity contribution in [1.82, 2.24) is 0 Å². The first-order valence-corrected chi connectivity index (χ1v) is 6.29. The number of carbonyl (C=O) groups is 6. The van der Waals surface area contributed by atoms with Gasteiger partial charge in [-0.2, -0.15) is 0 Å². The molecular weight excluding hydrogens is 506 g/mol. The van der Waals surface area contributed by atoms with Crippen molar-refractivity contribution < 1.29 is 247 Å². The quantitative estimate of drug-likeness (QED) is 0.268. The maximum atomic E-state index is 9.63. The first-order valence-electron chi connectivity index (χ1n) is 6.29. The van der Waals surface area contributed by atoms with Gasteiger partial charge < -0.3 is 69.6 Å². The number of aliphatic hydroxyl groups excluding tert-OH is 2. The van der Waals surface area contributed by atoms with Crippen LogP contribution < -0.4 is 208 Å². The normalized spacial score (nSPS) is 9.19.